The van der Waals surface area contributed by atoms with Gasteiger partial charge in [0.15, 0.2) is 0 Å². The topological polar surface area (TPSA) is 60.5 Å². The molecule has 0 saturated heterocycles. The number of ether oxygens (including phenoxy) is 2. The summed E-state index contributed by atoms with van der Waals surface area (Å²) < 4.78 is 9.73. The number of rotatable bonds is 5. The Hall–Kier alpha value is -1.49. The van der Waals surface area contributed by atoms with Gasteiger partial charge in [-0.25, -0.2) is 9.78 Å². The van der Waals surface area contributed by atoms with Crippen molar-refractivity contribution in [2.24, 2.45) is 0 Å². The summed E-state index contributed by atoms with van der Waals surface area (Å²) in [6.07, 6.45) is 1.61. The van der Waals surface area contributed by atoms with Crippen LogP contribution in [0, 0.1) is 0 Å². The van der Waals surface area contributed by atoms with Crippen LogP contribution >= 0.6 is 11.6 Å². The number of amides is 1. The third kappa shape index (κ3) is 4.35. The van der Waals surface area contributed by atoms with Crippen LogP contribution < -0.4 is 10.1 Å². The molecule has 0 aromatic carbocycles. The third-order valence-corrected chi connectivity index (χ3v) is 1.97. The Balaban J connectivity index is 2.37. The Bertz CT molecular complexity index is 329. The van der Waals surface area contributed by atoms with E-state index in [1.54, 1.807) is 12.1 Å². The molecule has 0 atom stereocenters. The smallest absolute Gasteiger partial charge is 0.411 e. The summed E-state index contributed by atoms with van der Waals surface area (Å²) >= 11 is 5.44. The predicted molar refractivity (Wildman–Crippen MR) is 61.1 cm³/mol. The minimum Gasteiger partial charge on any atom is -0.481 e. The number of anilines is 1. The first-order chi connectivity index (χ1) is 7.76. The Labute approximate surface area is 98.7 Å². The molecule has 0 unspecified atom stereocenters. The second-order valence-electron chi connectivity index (χ2n) is 2.89. The summed E-state index contributed by atoms with van der Waals surface area (Å²) in [5, 5.41) is 2.53. The van der Waals surface area contributed by atoms with Gasteiger partial charge in [-0.05, 0) is 12.5 Å². The second kappa shape index (κ2) is 6.90. The van der Waals surface area contributed by atoms with Gasteiger partial charge in [0.25, 0.3) is 0 Å². The molecule has 1 aromatic rings. The number of methoxy groups -OCH3 is 1. The van der Waals surface area contributed by atoms with Crippen molar-refractivity contribution in [3.05, 3.63) is 18.3 Å². The molecule has 0 aliphatic heterocycles. The summed E-state index contributed by atoms with van der Waals surface area (Å²) in [5.74, 6) is 0.957. The van der Waals surface area contributed by atoms with Crippen molar-refractivity contribution in [2.45, 2.75) is 6.42 Å². The zero-order chi connectivity index (χ0) is 11.8. The number of aromatic nitrogens is 1. The first-order valence-electron chi connectivity index (χ1n) is 4.76. The second-order valence-corrected chi connectivity index (χ2v) is 3.27. The van der Waals surface area contributed by atoms with Crippen LogP contribution in [0.4, 0.5) is 10.5 Å². The van der Waals surface area contributed by atoms with E-state index in [0.29, 0.717) is 30.5 Å². The number of hydrogen-bond donors (Lipinski definition) is 1. The van der Waals surface area contributed by atoms with Crippen molar-refractivity contribution in [1.29, 1.82) is 0 Å². The number of alkyl halides is 1. The molecule has 16 heavy (non-hydrogen) atoms. The van der Waals surface area contributed by atoms with Crippen molar-refractivity contribution >= 4 is 23.4 Å². The van der Waals surface area contributed by atoms with Crippen molar-refractivity contribution in [2.75, 3.05) is 24.9 Å². The highest BCUT2D eigenvalue weighted by Crippen LogP contribution is 2.10. The number of nitrogens with zero attached hydrogens (tertiary/aromatic N) is 1. The Morgan fingerprint density at radius 2 is 2.38 bits per heavy atom. The van der Waals surface area contributed by atoms with E-state index in [4.69, 9.17) is 21.1 Å². The summed E-state index contributed by atoms with van der Waals surface area (Å²) in [5.41, 5.74) is 0.552. The highest BCUT2D eigenvalue weighted by molar-refractivity contribution is 6.17. The maximum atomic E-state index is 11.2. The molecule has 0 radical (unpaired) electrons. The molecule has 1 rings (SSSR count). The van der Waals surface area contributed by atoms with Crippen LogP contribution in [-0.2, 0) is 4.74 Å². The van der Waals surface area contributed by atoms with Crippen molar-refractivity contribution in [3.8, 4) is 5.88 Å². The summed E-state index contributed by atoms with van der Waals surface area (Å²) in [6.45, 7) is 0.304. The van der Waals surface area contributed by atoms with E-state index < -0.39 is 6.09 Å². The number of hydrogen-bond acceptors (Lipinski definition) is 4. The minimum atomic E-state index is -0.517. The van der Waals surface area contributed by atoms with E-state index in [2.05, 4.69) is 10.3 Å². The fourth-order valence-corrected chi connectivity index (χ4v) is 1.06. The lowest BCUT2D eigenvalue weighted by Gasteiger charge is -2.06. The van der Waals surface area contributed by atoms with Gasteiger partial charge in [-0.2, -0.15) is 0 Å². The molecule has 0 spiro atoms. The number of pyridine rings is 1. The monoisotopic (exact) mass is 244 g/mol. The molecule has 88 valence electrons. The SMILES string of the molecule is COc1ccc(NC(=O)OCCCCl)cn1. The molecule has 0 fully saturated rings. The van der Waals surface area contributed by atoms with Crippen molar-refractivity contribution < 1.29 is 14.3 Å². The van der Waals surface area contributed by atoms with Gasteiger partial charge in [0.2, 0.25) is 5.88 Å². The lowest BCUT2D eigenvalue weighted by atomic mass is 10.4. The fraction of sp³-hybridized carbons (Fsp3) is 0.400. The van der Waals surface area contributed by atoms with Crippen LogP contribution in [0.2, 0.25) is 0 Å². The molecule has 1 heterocycles. The van der Waals surface area contributed by atoms with Crippen LogP contribution in [0.5, 0.6) is 5.88 Å². The molecule has 5 nitrogen and oxygen atoms in total. The van der Waals surface area contributed by atoms with Crippen LogP contribution in [0.3, 0.4) is 0 Å². The molecule has 6 heteroatoms. The van der Waals surface area contributed by atoms with Gasteiger partial charge in [0.1, 0.15) is 0 Å². The third-order valence-electron chi connectivity index (χ3n) is 1.70. The van der Waals surface area contributed by atoms with E-state index in [0.717, 1.165) is 0 Å². The fourth-order valence-electron chi connectivity index (χ4n) is 0.948. The van der Waals surface area contributed by atoms with E-state index in [-0.39, 0.29) is 0 Å². The molecule has 1 N–H and O–H groups in total. The van der Waals surface area contributed by atoms with Crippen LogP contribution in [0.15, 0.2) is 18.3 Å². The zero-order valence-electron chi connectivity index (χ0n) is 8.90. The molecule has 0 saturated carbocycles. The van der Waals surface area contributed by atoms with Gasteiger partial charge in [0, 0.05) is 11.9 Å². The number of carbonyl (C=O) groups is 1. The maximum absolute atomic E-state index is 11.2. The summed E-state index contributed by atoms with van der Waals surface area (Å²) in [7, 11) is 1.52. The number of nitrogens with one attached hydrogen (secondary N) is 1. The quantitative estimate of drug-likeness (QED) is 0.638. The summed E-state index contributed by atoms with van der Waals surface area (Å²) in [4.78, 5) is 15.1. The molecular formula is C10H13ClN2O3. The van der Waals surface area contributed by atoms with Gasteiger partial charge in [-0.15, -0.1) is 11.6 Å². The normalized spacial score (nSPS) is 9.62. The van der Waals surface area contributed by atoms with Crippen molar-refractivity contribution in [1.82, 2.24) is 4.98 Å². The molecule has 0 aliphatic carbocycles. The van der Waals surface area contributed by atoms with Crippen molar-refractivity contribution in [3.63, 3.8) is 0 Å². The average molecular weight is 245 g/mol. The standard InChI is InChI=1S/C10H13ClN2O3/c1-15-9-4-3-8(7-12-9)13-10(14)16-6-2-5-11/h3-4,7H,2,5-6H2,1H3,(H,13,14). The zero-order valence-corrected chi connectivity index (χ0v) is 9.66. The van der Waals surface area contributed by atoms with Crippen LogP contribution in [0.25, 0.3) is 0 Å². The highest BCUT2D eigenvalue weighted by atomic mass is 35.5. The Morgan fingerprint density at radius 3 is 2.94 bits per heavy atom. The number of carbonyl (C=O) groups excluding carboxylic acids is 1. The highest BCUT2D eigenvalue weighted by Gasteiger charge is 2.03. The Kier molecular flexibility index (Phi) is 5.42. The molecule has 1 amide bonds. The average Bonchev–Trinajstić information content (AvgIpc) is 2.30. The van der Waals surface area contributed by atoms with E-state index in [9.17, 15) is 4.79 Å². The summed E-state index contributed by atoms with van der Waals surface area (Å²) in [6, 6.07) is 3.32. The molecule has 0 aliphatic rings. The predicted octanol–water partition coefficient (Wildman–Crippen LogP) is 2.27. The largest absolute Gasteiger partial charge is 0.481 e. The lowest BCUT2D eigenvalue weighted by Crippen LogP contribution is -2.14. The van der Waals surface area contributed by atoms with Gasteiger partial charge < -0.3 is 9.47 Å². The maximum Gasteiger partial charge on any atom is 0.411 e. The van der Waals surface area contributed by atoms with Gasteiger partial charge in [-0.1, -0.05) is 0 Å². The van der Waals surface area contributed by atoms with Crippen LogP contribution in [0.1, 0.15) is 6.42 Å². The molecular weight excluding hydrogens is 232 g/mol. The minimum absolute atomic E-state index is 0.304. The van der Waals surface area contributed by atoms with Crippen LogP contribution in [-0.4, -0.2) is 30.7 Å². The van der Waals surface area contributed by atoms with Gasteiger partial charge >= 0.3 is 6.09 Å². The molecule has 0 bridgehead atoms. The van der Waals surface area contributed by atoms with Gasteiger partial charge in [0.05, 0.1) is 25.6 Å². The lowest BCUT2D eigenvalue weighted by molar-refractivity contribution is 0.162. The number of halogens is 1. The first kappa shape index (κ1) is 12.6. The van der Waals surface area contributed by atoms with Gasteiger partial charge in [-0.3, -0.25) is 5.32 Å². The first-order valence-corrected chi connectivity index (χ1v) is 5.29. The van der Waals surface area contributed by atoms with E-state index in [1.165, 1.54) is 13.3 Å². The Morgan fingerprint density at radius 1 is 1.56 bits per heavy atom. The van der Waals surface area contributed by atoms with E-state index in [1.807, 2.05) is 0 Å². The molecule has 1 aromatic heterocycles. The van der Waals surface area contributed by atoms with E-state index >= 15 is 0 Å².